The summed E-state index contributed by atoms with van der Waals surface area (Å²) < 4.78 is 28.0. The summed E-state index contributed by atoms with van der Waals surface area (Å²) in [4.78, 5) is 22.9. The van der Waals surface area contributed by atoms with Crippen LogP contribution >= 0.6 is 11.3 Å². The van der Waals surface area contributed by atoms with Crippen LogP contribution in [0.25, 0.3) is 10.2 Å². The normalized spacial score (nSPS) is 19.3. The maximum Gasteiger partial charge on any atom is 0.256 e. The maximum absolute atomic E-state index is 13.8. The monoisotopic (exact) mass is 498 g/mol. The number of aromatic nitrogens is 1. The predicted molar refractivity (Wildman–Crippen MR) is 136 cm³/mol. The van der Waals surface area contributed by atoms with Crippen LogP contribution < -0.4 is 4.90 Å². The quantitative estimate of drug-likeness (QED) is 0.528. The van der Waals surface area contributed by atoms with E-state index in [9.17, 15) is 13.2 Å². The Morgan fingerprint density at radius 1 is 1.06 bits per heavy atom. The van der Waals surface area contributed by atoms with E-state index in [1.807, 2.05) is 29.2 Å². The van der Waals surface area contributed by atoms with E-state index in [4.69, 9.17) is 4.98 Å². The second-order valence-electron chi connectivity index (χ2n) is 9.27. The molecule has 1 aromatic heterocycles. The van der Waals surface area contributed by atoms with Crippen LogP contribution in [0.4, 0.5) is 5.69 Å². The van der Waals surface area contributed by atoms with Crippen molar-refractivity contribution in [2.45, 2.75) is 36.5 Å². The number of sulfonamides is 1. The summed E-state index contributed by atoms with van der Waals surface area (Å²) in [6, 6.07) is 13.1. The topological polar surface area (TPSA) is 73.8 Å². The number of hydrogen-bond donors (Lipinski definition) is 0. The minimum Gasteiger partial charge on any atom is -0.371 e. The zero-order valence-electron chi connectivity index (χ0n) is 19.6. The van der Waals surface area contributed by atoms with Gasteiger partial charge in [-0.25, -0.2) is 17.7 Å². The Kier molecular flexibility index (Phi) is 6.35. The lowest BCUT2D eigenvalue weighted by atomic mass is 9.97. The zero-order valence-corrected chi connectivity index (χ0v) is 21.2. The molecule has 0 N–H and O–H groups in total. The maximum atomic E-state index is 13.8. The van der Waals surface area contributed by atoms with Crippen LogP contribution in [0.2, 0.25) is 0 Å². The van der Waals surface area contributed by atoms with Gasteiger partial charge in [-0.05, 0) is 56.0 Å². The van der Waals surface area contributed by atoms with Crippen LogP contribution in [0.15, 0.2) is 47.4 Å². The van der Waals surface area contributed by atoms with Gasteiger partial charge in [0.1, 0.15) is 0 Å². The molecule has 0 spiro atoms. The van der Waals surface area contributed by atoms with Gasteiger partial charge in [-0.1, -0.05) is 12.1 Å². The molecule has 0 aliphatic carbocycles. The Bertz CT molecular complexity index is 1280. The van der Waals surface area contributed by atoms with Gasteiger partial charge in [0.05, 0.1) is 25.7 Å². The molecule has 2 aliphatic rings. The Balaban J connectivity index is 1.47. The lowest BCUT2D eigenvalue weighted by Gasteiger charge is -2.33. The van der Waals surface area contributed by atoms with Crippen molar-refractivity contribution in [3.8, 4) is 0 Å². The van der Waals surface area contributed by atoms with Gasteiger partial charge in [-0.3, -0.25) is 4.79 Å². The van der Waals surface area contributed by atoms with Crippen molar-refractivity contribution in [1.29, 1.82) is 0 Å². The fraction of sp³-hybridized carbons (Fsp3) is 0.440. The highest BCUT2D eigenvalue weighted by molar-refractivity contribution is 7.89. The number of amides is 1. The molecule has 9 heteroatoms. The summed E-state index contributed by atoms with van der Waals surface area (Å²) in [6.45, 7) is 3.04. The smallest absolute Gasteiger partial charge is 0.256 e. The molecule has 2 aliphatic heterocycles. The molecule has 0 unspecified atom stereocenters. The van der Waals surface area contributed by atoms with E-state index in [1.165, 1.54) is 23.1 Å². The summed E-state index contributed by atoms with van der Waals surface area (Å²) in [5, 5.41) is 1.07. The van der Waals surface area contributed by atoms with Gasteiger partial charge in [0.25, 0.3) is 5.91 Å². The summed E-state index contributed by atoms with van der Waals surface area (Å²) in [5.74, 6) is 0.0996. The highest BCUT2D eigenvalue weighted by Crippen LogP contribution is 2.35. The molecule has 0 radical (unpaired) electrons. The van der Waals surface area contributed by atoms with Gasteiger partial charge >= 0.3 is 0 Å². The molecule has 1 atom stereocenters. The molecule has 5 rings (SSSR count). The van der Waals surface area contributed by atoms with Gasteiger partial charge in [0, 0.05) is 51.9 Å². The standard InChI is InChI=1S/C25H30N4O3S2/c1-27(2)34(31,32)19-11-12-22(28-13-5-6-14-28)20(16-19)25(30)29-15-7-8-18(17-29)24-26-21-9-3-4-10-23(21)33-24/h3-4,9-12,16,18H,5-8,13-15,17H2,1-2H3/t18-/m1/s1. The number of carbonyl (C=O) groups excluding carboxylic acids is 1. The average molecular weight is 499 g/mol. The lowest BCUT2D eigenvalue weighted by molar-refractivity contribution is 0.0707. The molecule has 34 heavy (non-hydrogen) atoms. The first-order valence-corrected chi connectivity index (χ1v) is 14.1. The molecule has 3 aromatic rings. The van der Waals surface area contributed by atoms with Crippen molar-refractivity contribution >= 4 is 43.2 Å². The van der Waals surface area contributed by atoms with E-state index in [0.717, 1.165) is 55.0 Å². The Labute approximate surface area is 205 Å². The van der Waals surface area contributed by atoms with Crippen LogP contribution in [0.5, 0.6) is 0 Å². The Hall–Kier alpha value is -2.49. The number of nitrogens with zero attached hydrogens (tertiary/aromatic N) is 4. The SMILES string of the molecule is CN(C)S(=O)(=O)c1ccc(N2CCCC2)c(C(=O)N2CCC[C@@H](c3nc4ccccc4s3)C2)c1. The predicted octanol–water partition coefficient (Wildman–Crippen LogP) is 4.17. The van der Waals surface area contributed by atoms with Gasteiger partial charge < -0.3 is 9.80 Å². The van der Waals surface area contributed by atoms with Crippen LogP contribution in [0.1, 0.15) is 47.0 Å². The number of benzene rings is 2. The minimum absolute atomic E-state index is 0.0940. The number of anilines is 1. The van der Waals surface area contributed by atoms with Crippen molar-refractivity contribution in [3.05, 3.63) is 53.0 Å². The Morgan fingerprint density at radius 3 is 2.56 bits per heavy atom. The number of para-hydroxylation sites is 1. The molecular formula is C25H30N4O3S2. The fourth-order valence-electron chi connectivity index (χ4n) is 4.89. The molecule has 0 bridgehead atoms. The van der Waals surface area contributed by atoms with Crippen LogP contribution in [0, 0.1) is 0 Å². The second kappa shape index (κ2) is 9.28. The van der Waals surface area contributed by atoms with Crippen molar-refractivity contribution in [3.63, 3.8) is 0 Å². The molecule has 2 aromatic carbocycles. The van der Waals surface area contributed by atoms with E-state index in [1.54, 1.807) is 23.5 Å². The molecule has 7 nitrogen and oxygen atoms in total. The number of piperidine rings is 1. The largest absolute Gasteiger partial charge is 0.371 e. The highest BCUT2D eigenvalue weighted by Gasteiger charge is 2.31. The third-order valence-corrected chi connectivity index (χ3v) is 9.80. The lowest BCUT2D eigenvalue weighted by Crippen LogP contribution is -2.40. The average Bonchev–Trinajstić information content (AvgIpc) is 3.53. The number of carbonyl (C=O) groups is 1. The third kappa shape index (κ3) is 4.32. The molecule has 3 heterocycles. The number of likely N-dealkylation sites (tertiary alicyclic amines) is 1. The van der Waals surface area contributed by atoms with Crippen molar-refractivity contribution in [2.24, 2.45) is 0 Å². The van der Waals surface area contributed by atoms with Crippen LogP contribution in [0.3, 0.4) is 0 Å². The molecule has 0 saturated carbocycles. The van der Waals surface area contributed by atoms with Crippen LogP contribution in [-0.4, -0.2) is 68.8 Å². The fourth-order valence-corrected chi connectivity index (χ4v) is 6.91. The van der Waals surface area contributed by atoms with E-state index < -0.39 is 10.0 Å². The van der Waals surface area contributed by atoms with Gasteiger partial charge in [-0.2, -0.15) is 0 Å². The minimum atomic E-state index is -3.64. The third-order valence-electron chi connectivity index (χ3n) is 6.79. The van der Waals surface area contributed by atoms with Crippen molar-refractivity contribution in [1.82, 2.24) is 14.2 Å². The first kappa shape index (κ1) is 23.3. The first-order valence-electron chi connectivity index (χ1n) is 11.8. The highest BCUT2D eigenvalue weighted by atomic mass is 32.2. The van der Waals surface area contributed by atoms with Gasteiger partial charge in [0.15, 0.2) is 0 Å². The number of hydrogen-bond acceptors (Lipinski definition) is 6. The van der Waals surface area contributed by atoms with Crippen molar-refractivity contribution in [2.75, 3.05) is 45.2 Å². The van der Waals surface area contributed by atoms with Crippen molar-refractivity contribution < 1.29 is 13.2 Å². The molecule has 1 amide bonds. The summed E-state index contributed by atoms with van der Waals surface area (Å²) in [6.07, 6.45) is 4.06. The van der Waals surface area contributed by atoms with E-state index >= 15 is 0 Å². The summed E-state index contributed by atoms with van der Waals surface area (Å²) in [5.41, 5.74) is 2.32. The second-order valence-corrected chi connectivity index (χ2v) is 12.5. The van der Waals surface area contributed by atoms with E-state index in [0.29, 0.717) is 18.7 Å². The molecular weight excluding hydrogens is 468 g/mol. The summed E-state index contributed by atoms with van der Waals surface area (Å²) in [7, 11) is -0.612. The zero-order chi connectivity index (χ0) is 23.9. The van der Waals surface area contributed by atoms with Gasteiger partial charge in [0.2, 0.25) is 10.0 Å². The van der Waals surface area contributed by atoms with Gasteiger partial charge in [-0.15, -0.1) is 11.3 Å². The molecule has 2 fully saturated rings. The number of fused-ring (bicyclic) bond motifs is 1. The van der Waals surface area contributed by atoms with E-state index in [-0.39, 0.29) is 16.7 Å². The molecule has 2 saturated heterocycles. The molecule has 180 valence electrons. The first-order chi connectivity index (χ1) is 16.3. The summed E-state index contributed by atoms with van der Waals surface area (Å²) >= 11 is 1.70. The van der Waals surface area contributed by atoms with Crippen LogP contribution in [-0.2, 0) is 10.0 Å². The number of rotatable bonds is 5. The number of thiazole rings is 1. The van der Waals surface area contributed by atoms with E-state index in [2.05, 4.69) is 11.0 Å². The Morgan fingerprint density at radius 2 is 1.82 bits per heavy atom.